The van der Waals surface area contributed by atoms with E-state index in [4.69, 9.17) is 5.11 Å². The minimum Gasteiger partial charge on any atom is -0.481 e. The second-order valence-corrected chi connectivity index (χ2v) is 7.07. The molecule has 2 atom stereocenters. The van der Waals surface area contributed by atoms with Crippen LogP contribution in [-0.2, 0) is 4.79 Å². The lowest BCUT2D eigenvalue weighted by Crippen LogP contribution is -2.41. The van der Waals surface area contributed by atoms with Gasteiger partial charge in [0.15, 0.2) is 0 Å². The fraction of sp³-hybridized carbons (Fsp3) is 0.579. The lowest BCUT2D eigenvalue weighted by atomic mass is 9.93. The van der Waals surface area contributed by atoms with Gasteiger partial charge in [0.05, 0.1) is 12.0 Å². The molecule has 0 bridgehead atoms. The minimum atomic E-state index is -0.809. The topological polar surface area (TPSA) is 69.6 Å². The van der Waals surface area contributed by atoms with Crippen LogP contribution < -0.4 is 5.32 Å². The van der Waals surface area contributed by atoms with Crippen molar-refractivity contribution in [2.75, 3.05) is 13.1 Å². The summed E-state index contributed by atoms with van der Waals surface area (Å²) in [6.07, 6.45) is 6.56. The molecule has 130 valence electrons. The SMILES string of the molecule is O=C(O)C1CCN(C(=O)NC(CC2CCCC2)c2ccccc2)C1. The van der Waals surface area contributed by atoms with Gasteiger partial charge in [0, 0.05) is 13.1 Å². The zero-order chi connectivity index (χ0) is 16.9. The van der Waals surface area contributed by atoms with Crippen molar-refractivity contribution >= 4 is 12.0 Å². The van der Waals surface area contributed by atoms with Gasteiger partial charge in [-0.2, -0.15) is 0 Å². The van der Waals surface area contributed by atoms with Crippen LogP contribution in [0, 0.1) is 11.8 Å². The van der Waals surface area contributed by atoms with E-state index in [9.17, 15) is 9.59 Å². The molecule has 2 amide bonds. The number of rotatable bonds is 5. The van der Waals surface area contributed by atoms with Crippen LogP contribution >= 0.6 is 0 Å². The molecule has 3 rings (SSSR count). The molecule has 1 saturated carbocycles. The highest BCUT2D eigenvalue weighted by atomic mass is 16.4. The van der Waals surface area contributed by atoms with Crippen molar-refractivity contribution in [1.29, 1.82) is 0 Å². The number of likely N-dealkylation sites (tertiary alicyclic amines) is 1. The van der Waals surface area contributed by atoms with E-state index >= 15 is 0 Å². The molecule has 2 unspecified atom stereocenters. The van der Waals surface area contributed by atoms with E-state index in [0.29, 0.717) is 25.4 Å². The molecule has 5 heteroatoms. The van der Waals surface area contributed by atoms with E-state index in [1.165, 1.54) is 25.7 Å². The highest BCUT2D eigenvalue weighted by molar-refractivity contribution is 5.77. The van der Waals surface area contributed by atoms with Crippen LogP contribution in [0.15, 0.2) is 30.3 Å². The summed E-state index contributed by atoms with van der Waals surface area (Å²) in [5.41, 5.74) is 1.13. The largest absolute Gasteiger partial charge is 0.481 e. The number of amides is 2. The summed E-state index contributed by atoms with van der Waals surface area (Å²) in [7, 11) is 0. The van der Waals surface area contributed by atoms with E-state index in [1.54, 1.807) is 4.90 Å². The predicted molar refractivity (Wildman–Crippen MR) is 91.6 cm³/mol. The number of urea groups is 1. The number of aliphatic carboxylic acids is 1. The number of benzene rings is 1. The zero-order valence-electron chi connectivity index (χ0n) is 14.0. The van der Waals surface area contributed by atoms with Crippen LogP contribution in [0.1, 0.15) is 50.1 Å². The second-order valence-electron chi connectivity index (χ2n) is 7.07. The lowest BCUT2D eigenvalue weighted by Gasteiger charge is -2.25. The number of carbonyl (C=O) groups excluding carboxylic acids is 1. The van der Waals surface area contributed by atoms with Crippen LogP contribution in [-0.4, -0.2) is 35.1 Å². The summed E-state index contributed by atoms with van der Waals surface area (Å²) < 4.78 is 0. The van der Waals surface area contributed by atoms with E-state index in [0.717, 1.165) is 12.0 Å². The number of carboxylic acid groups (broad SMARTS) is 1. The monoisotopic (exact) mass is 330 g/mol. The molecule has 1 aromatic rings. The molecule has 1 heterocycles. The highest BCUT2D eigenvalue weighted by Gasteiger charge is 2.32. The van der Waals surface area contributed by atoms with Crippen molar-refractivity contribution in [2.45, 2.75) is 44.6 Å². The van der Waals surface area contributed by atoms with Crippen LogP contribution in [0.25, 0.3) is 0 Å². The summed E-state index contributed by atoms with van der Waals surface area (Å²) in [6, 6.07) is 9.97. The van der Waals surface area contributed by atoms with Gasteiger partial charge in [-0.1, -0.05) is 56.0 Å². The average Bonchev–Trinajstić information content (AvgIpc) is 3.26. The van der Waals surface area contributed by atoms with Gasteiger partial charge >= 0.3 is 12.0 Å². The Balaban J connectivity index is 1.65. The zero-order valence-corrected chi connectivity index (χ0v) is 14.0. The Labute approximate surface area is 143 Å². The summed E-state index contributed by atoms with van der Waals surface area (Å²) in [5.74, 6) is -0.572. The molecule has 1 aromatic carbocycles. The normalized spacial score (nSPS) is 22.5. The standard InChI is InChI=1S/C19H26N2O3/c22-18(23)16-10-11-21(13-16)19(24)20-17(12-14-6-4-5-7-14)15-8-2-1-3-9-15/h1-3,8-9,14,16-17H,4-7,10-13H2,(H,20,24)(H,22,23). The molecule has 2 fully saturated rings. The predicted octanol–water partition coefficient (Wildman–Crippen LogP) is 3.42. The van der Waals surface area contributed by atoms with Crippen molar-refractivity contribution < 1.29 is 14.7 Å². The lowest BCUT2D eigenvalue weighted by molar-refractivity contribution is -0.141. The van der Waals surface area contributed by atoms with Crippen LogP contribution in [0.2, 0.25) is 0 Å². The molecule has 0 aromatic heterocycles. The highest BCUT2D eigenvalue weighted by Crippen LogP contribution is 2.33. The minimum absolute atomic E-state index is 0.00526. The molecule has 5 nitrogen and oxygen atoms in total. The van der Waals surface area contributed by atoms with Crippen LogP contribution in [0.5, 0.6) is 0 Å². The third-order valence-corrected chi connectivity index (χ3v) is 5.37. The van der Waals surface area contributed by atoms with Gasteiger partial charge in [0.1, 0.15) is 0 Å². The van der Waals surface area contributed by atoms with Gasteiger partial charge < -0.3 is 15.3 Å². The number of carboxylic acids is 1. The van der Waals surface area contributed by atoms with E-state index < -0.39 is 11.9 Å². The van der Waals surface area contributed by atoms with Gasteiger partial charge in [-0.05, 0) is 24.3 Å². The first kappa shape index (κ1) is 16.8. The Kier molecular flexibility index (Phi) is 5.38. The first-order valence-electron chi connectivity index (χ1n) is 8.96. The molecule has 0 radical (unpaired) electrons. The van der Waals surface area contributed by atoms with Crippen molar-refractivity contribution in [2.24, 2.45) is 11.8 Å². The second kappa shape index (κ2) is 7.69. The van der Waals surface area contributed by atoms with E-state index in [2.05, 4.69) is 17.4 Å². The summed E-state index contributed by atoms with van der Waals surface area (Å²) >= 11 is 0. The number of hydrogen-bond acceptors (Lipinski definition) is 2. The number of nitrogens with zero attached hydrogens (tertiary/aromatic N) is 1. The Morgan fingerprint density at radius 2 is 1.88 bits per heavy atom. The quantitative estimate of drug-likeness (QED) is 0.869. The summed E-state index contributed by atoms with van der Waals surface area (Å²) in [4.78, 5) is 25.3. The van der Waals surface area contributed by atoms with Crippen LogP contribution in [0.3, 0.4) is 0 Å². The van der Waals surface area contributed by atoms with Crippen molar-refractivity contribution in [1.82, 2.24) is 10.2 Å². The number of nitrogens with one attached hydrogen (secondary N) is 1. The molecule has 2 N–H and O–H groups in total. The molecule has 24 heavy (non-hydrogen) atoms. The van der Waals surface area contributed by atoms with Crippen molar-refractivity contribution in [3.05, 3.63) is 35.9 Å². The van der Waals surface area contributed by atoms with Gasteiger partial charge in [0.25, 0.3) is 0 Å². The first-order valence-corrected chi connectivity index (χ1v) is 8.96. The maximum absolute atomic E-state index is 12.6. The smallest absolute Gasteiger partial charge is 0.317 e. The number of carbonyl (C=O) groups is 2. The average molecular weight is 330 g/mol. The van der Waals surface area contributed by atoms with Gasteiger partial charge in [-0.15, -0.1) is 0 Å². The fourth-order valence-corrected chi connectivity index (χ4v) is 3.93. The summed E-state index contributed by atoms with van der Waals surface area (Å²) in [6.45, 7) is 0.833. The number of hydrogen-bond donors (Lipinski definition) is 2. The fourth-order valence-electron chi connectivity index (χ4n) is 3.93. The summed E-state index contributed by atoms with van der Waals surface area (Å²) in [5, 5.41) is 12.3. The maximum Gasteiger partial charge on any atom is 0.317 e. The molecule has 1 aliphatic carbocycles. The van der Waals surface area contributed by atoms with Crippen molar-refractivity contribution in [3.63, 3.8) is 0 Å². The van der Waals surface area contributed by atoms with Crippen molar-refractivity contribution in [3.8, 4) is 0 Å². The molecule has 2 aliphatic rings. The third kappa shape index (κ3) is 4.08. The van der Waals surface area contributed by atoms with E-state index in [1.807, 2.05) is 18.2 Å². The molecule has 1 saturated heterocycles. The third-order valence-electron chi connectivity index (χ3n) is 5.37. The molecular weight excluding hydrogens is 304 g/mol. The van der Waals surface area contributed by atoms with E-state index in [-0.39, 0.29) is 12.1 Å². The van der Waals surface area contributed by atoms with Gasteiger partial charge in [-0.3, -0.25) is 4.79 Å². The van der Waals surface area contributed by atoms with Crippen LogP contribution in [0.4, 0.5) is 4.79 Å². The Hall–Kier alpha value is -2.04. The molecular formula is C19H26N2O3. The van der Waals surface area contributed by atoms with Gasteiger partial charge in [-0.25, -0.2) is 4.79 Å². The Morgan fingerprint density at radius 1 is 1.17 bits per heavy atom. The Bertz CT molecular complexity index is 569. The maximum atomic E-state index is 12.6. The van der Waals surface area contributed by atoms with Gasteiger partial charge in [0.2, 0.25) is 0 Å². The molecule has 1 aliphatic heterocycles. The Morgan fingerprint density at radius 3 is 2.50 bits per heavy atom. The first-order chi connectivity index (χ1) is 11.6. The molecule has 0 spiro atoms.